The smallest absolute Gasteiger partial charge is 0.217 e. The number of thioether (sulfide) groups is 1. The number of hydrogen-bond donors (Lipinski definition) is 20. The molecule has 6 heterocycles. The van der Waals surface area contributed by atoms with Crippen molar-refractivity contribution >= 4 is 23.6 Å². The molecule has 2 amide bonds. The molecule has 6 aliphatic rings. The van der Waals surface area contributed by atoms with Crippen molar-refractivity contribution in [1.29, 1.82) is 0 Å². The minimum atomic E-state index is -2.00. The molecule has 0 aromatic carbocycles. The van der Waals surface area contributed by atoms with Gasteiger partial charge in [0.05, 0.1) is 59.5 Å². The third-order valence-electron chi connectivity index (χ3n) is 15.4. The van der Waals surface area contributed by atoms with E-state index >= 15 is 0 Å². The Hall–Kier alpha value is -1.99. The van der Waals surface area contributed by atoms with E-state index in [9.17, 15) is 96.4 Å². The minimum absolute atomic E-state index is 0.0181. The van der Waals surface area contributed by atoms with Crippen LogP contribution in [0.3, 0.4) is 0 Å². The summed E-state index contributed by atoms with van der Waals surface area (Å²) in [7, 11) is 0. The van der Waals surface area contributed by atoms with E-state index in [0.717, 1.165) is 25.4 Å². The molecule has 37 heteroatoms. The molecule has 6 saturated heterocycles. The number of hydrogen-bond acceptors (Lipinski definition) is 35. The summed E-state index contributed by atoms with van der Waals surface area (Å²) < 4.78 is 81.3. The summed E-state index contributed by atoms with van der Waals surface area (Å²) in [5.41, 5.74) is 5.52. The van der Waals surface area contributed by atoms with Gasteiger partial charge < -0.3 is 169 Å². The zero-order valence-electron chi connectivity index (χ0n) is 48.5. The molecule has 0 spiro atoms. The highest BCUT2D eigenvalue weighted by Crippen LogP contribution is 2.34. The fraction of sp³-hybridized carbons (Fsp3) is 0.961. The van der Waals surface area contributed by atoms with Crippen molar-refractivity contribution < 1.29 is 163 Å². The van der Waals surface area contributed by atoms with Crippen LogP contribution in [-0.4, -0.2) is 373 Å². The Kier molecular flexibility index (Phi) is 31.2. The van der Waals surface area contributed by atoms with Gasteiger partial charge in [0.1, 0.15) is 146 Å². The van der Waals surface area contributed by atoms with Crippen LogP contribution in [-0.2, 0) is 75.9 Å². The van der Waals surface area contributed by atoms with E-state index in [1.807, 2.05) is 0 Å². The number of aliphatic hydroxyl groups is 17. The Balaban J connectivity index is 1.06. The van der Waals surface area contributed by atoms with Crippen molar-refractivity contribution in [2.75, 3.05) is 90.7 Å². The number of amides is 2. The van der Waals surface area contributed by atoms with Gasteiger partial charge in [-0.3, -0.25) is 9.59 Å². The second-order valence-electron chi connectivity index (χ2n) is 21.8. The number of nitrogens with one attached hydrogen (secondary N) is 2. The first-order chi connectivity index (χ1) is 42.0. The van der Waals surface area contributed by atoms with Crippen LogP contribution in [0.1, 0.15) is 33.1 Å². The van der Waals surface area contributed by atoms with Crippen LogP contribution in [0.15, 0.2) is 0 Å². The molecule has 30 atom stereocenters. The highest BCUT2D eigenvalue weighted by atomic mass is 32.2. The molecule has 6 fully saturated rings. The molecular formula is C51H91N3O33S. The summed E-state index contributed by atoms with van der Waals surface area (Å²) in [5, 5.41) is 186. The van der Waals surface area contributed by atoms with Crippen LogP contribution >= 0.6 is 11.8 Å². The average Bonchev–Trinajstić information content (AvgIpc) is 2.21. The van der Waals surface area contributed by atoms with Crippen LogP contribution < -0.4 is 16.4 Å². The predicted molar refractivity (Wildman–Crippen MR) is 288 cm³/mol. The molecule has 0 aromatic heterocycles. The van der Waals surface area contributed by atoms with Gasteiger partial charge in [0.25, 0.3) is 0 Å². The molecule has 6 rings (SSSR count). The zero-order valence-corrected chi connectivity index (χ0v) is 49.3. The molecule has 0 saturated carbocycles. The summed E-state index contributed by atoms with van der Waals surface area (Å²) >= 11 is 1.62. The third kappa shape index (κ3) is 19.3. The van der Waals surface area contributed by atoms with Gasteiger partial charge >= 0.3 is 0 Å². The monoisotopic (exact) mass is 1310 g/mol. The topological polar surface area (TPSA) is 557 Å². The number of carbonyl (C=O) groups is 2. The van der Waals surface area contributed by atoms with Crippen molar-refractivity contribution in [3.05, 3.63) is 0 Å². The standard InChI is InChI=1S/C51H91N3O33S/c1-20(60)53-28-32(64)44(86-50-38(70)34(66)30(62)22(14-55)80-50)26(18-59)82-46(28)76-9-3-7-75-43-25(17-58)84-49(41(73)37(43)69)79-19-27-45(87-51-39(71)35(67)31(63)23(15-56)81-51)33(65)29(54-21(2)61)47(85-27)77-10-4-8-74-42-24(16-57)83-48(40(72)36(42)68)78-11-5-12-88-13-6-52/h22-51,55-59,62-73H,3-19,52H2,1-2H3,(H,53,60)(H,54,61)/t22-,23-,24-,25-,26-,27-,28-,29-,30+,31+,32-,33-,34+,35+,36-,37-,38-,39-,40-,41-,42-,43-,44-,45-,46-,47-,48-,49-,50+,51+/m1/s1. The maximum absolute atomic E-state index is 12.6. The van der Waals surface area contributed by atoms with Gasteiger partial charge in [0.2, 0.25) is 11.8 Å². The molecule has 514 valence electrons. The largest absolute Gasteiger partial charge is 0.394 e. The maximum atomic E-state index is 12.6. The second-order valence-corrected chi connectivity index (χ2v) is 23.0. The van der Waals surface area contributed by atoms with Gasteiger partial charge in [0, 0.05) is 39.4 Å². The summed E-state index contributed by atoms with van der Waals surface area (Å²) in [6.45, 7) is -2.66. The third-order valence-corrected chi connectivity index (χ3v) is 16.5. The predicted octanol–water partition coefficient (Wildman–Crippen LogP) is -11.9. The quantitative estimate of drug-likeness (QED) is 0.0271. The lowest BCUT2D eigenvalue weighted by molar-refractivity contribution is -0.357. The van der Waals surface area contributed by atoms with Gasteiger partial charge in [0.15, 0.2) is 37.7 Å². The van der Waals surface area contributed by atoms with Crippen LogP contribution in [0.4, 0.5) is 0 Å². The highest BCUT2D eigenvalue weighted by Gasteiger charge is 2.55. The van der Waals surface area contributed by atoms with E-state index in [0.29, 0.717) is 13.0 Å². The average molecular weight is 1310 g/mol. The summed E-state index contributed by atoms with van der Waals surface area (Å²) in [6.07, 6.45) is -45.2. The van der Waals surface area contributed by atoms with Gasteiger partial charge in [-0.1, -0.05) is 0 Å². The first-order valence-electron chi connectivity index (χ1n) is 29.0. The molecule has 0 bridgehead atoms. The Labute approximate surface area is 509 Å². The Morgan fingerprint density at radius 1 is 0.375 bits per heavy atom. The summed E-state index contributed by atoms with van der Waals surface area (Å²) in [4.78, 5) is 24.9. The van der Waals surface area contributed by atoms with E-state index in [1.54, 1.807) is 11.8 Å². The summed E-state index contributed by atoms with van der Waals surface area (Å²) in [6, 6.07) is -2.88. The molecule has 0 aromatic rings. The van der Waals surface area contributed by atoms with Gasteiger partial charge in [-0.25, -0.2) is 0 Å². The molecule has 0 unspecified atom stereocenters. The Morgan fingerprint density at radius 3 is 1.14 bits per heavy atom. The van der Waals surface area contributed by atoms with E-state index in [-0.39, 0.29) is 45.9 Å². The lowest BCUT2D eigenvalue weighted by atomic mass is 9.95. The van der Waals surface area contributed by atoms with Crippen LogP contribution in [0.2, 0.25) is 0 Å². The minimum Gasteiger partial charge on any atom is -0.394 e. The van der Waals surface area contributed by atoms with Crippen LogP contribution in [0, 0.1) is 0 Å². The Morgan fingerprint density at radius 2 is 0.716 bits per heavy atom. The fourth-order valence-electron chi connectivity index (χ4n) is 10.7. The van der Waals surface area contributed by atoms with E-state index < -0.39 is 236 Å². The van der Waals surface area contributed by atoms with E-state index in [4.69, 9.17) is 72.0 Å². The van der Waals surface area contributed by atoms with E-state index in [1.165, 1.54) is 0 Å². The lowest BCUT2D eigenvalue weighted by Gasteiger charge is -2.48. The Bertz CT molecular complexity index is 2020. The van der Waals surface area contributed by atoms with Crippen LogP contribution in [0.5, 0.6) is 0 Å². The van der Waals surface area contributed by atoms with Crippen molar-refractivity contribution in [3.63, 3.8) is 0 Å². The molecular weight excluding hydrogens is 1210 g/mol. The van der Waals surface area contributed by atoms with Gasteiger partial charge in [-0.05, 0) is 25.0 Å². The van der Waals surface area contributed by atoms with Crippen molar-refractivity contribution in [2.24, 2.45) is 5.73 Å². The first-order valence-corrected chi connectivity index (χ1v) is 30.2. The molecule has 88 heavy (non-hydrogen) atoms. The first kappa shape index (κ1) is 75.0. The molecule has 0 aliphatic carbocycles. The van der Waals surface area contributed by atoms with Crippen molar-refractivity contribution in [1.82, 2.24) is 10.6 Å². The zero-order chi connectivity index (χ0) is 64.5. The number of carbonyl (C=O) groups excluding carboxylic acids is 2. The number of aliphatic hydroxyl groups excluding tert-OH is 17. The molecule has 21 N–H and O–H groups in total. The molecule has 6 aliphatic heterocycles. The normalized spacial score (nSPS) is 43.3. The highest BCUT2D eigenvalue weighted by molar-refractivity contribution is 7.99. The maximum Gasteiger partial charge on any atom is 0.217 e. The molecule has 0 radical (unpaired) electrons. The second kappa shape index (κ2) is 36.6. The van der Waals surface area contributed by atoms with Gasteiger partial charge in [-0.2, -0.15) is 11.8 Å². The number of ether oxygens (including phenoxy) is 14. The van der Waals surface area contributed by atoms with Gasteiger partial charge in [-0.15, -0.1) is 0 Å². The van der Waals surface area contributed by atoms with Crippen molar-refractivity contribution in [3.8, 4) is 0 Å². The fourth-order valence-corrected chi connectivity index (χ4v) is 11.4. The summed E-state index contributed by atoms with van der Waals surface area (Å²) in [5.74, 6) is 0.134. The van der Waals surface area contributed by atoms with Crippen LogP contribution in [0.25, 0.3) is 0 Å². The van der Waals surface area contributed by atoms with E-state index in [2.05, 4.69) is 10.6 Å². The lowest BCUT2D eigenvalue weighted by Crippen LogP contribution is -2.68. The SMILES string of the molecule is CC(=O)N[C@H]1[C@H](OCCCO[C@H]2[C@H](O)[C@@H](O)[C@H](OC[C@H]3O[C@@H](OCCCO[C@H]4[C@H](O)[C@@H](O)[C@H](OCCCSCCN)O[C@@H]4CO)[C@H](NC(C)=O)[C@@H](O)[C@@H]3O[C@@H]3O[C@H](CO)[C@H](O)[C@H](O)[C@H]3O)O[C@@H]2CO)O[C@H](CO)[C@@H](O[C@@H]2O[C@H](CO)[C@H](O)[C@H](O)[C@H]2O)[C@@H]1O. The number of nitrogens with two attached hydrogens (primary N) is 1. The van der Waals surface area contributed by atoms with Crippen molar-refractivity contribution in [2.45, 2.75) is 217 Å². The number of rotatable bonds is 33. The molecule has 36 nitrogen and oxygen atoms in total.